The van der Waals surface area contributed by atoms with Crippen LogP contribution in [0.4, 0.5) is 0 Å². The molecule has 0 radical (unpaired) electrons. The van der Waals surface area contributed by atoms with E-state index in [2.05, 4.69) is 0 Å². The summed E-state index contributed by atoms with van der Waals surface area (Å²) in [4.78, 5) is 23.6. The maximum absolute atomic E-state index is 11.9. The molecule has 0 aromatic rings. The molecule has 0 bridgehead atoms. The number of carbonyl (C=O) groups excluding carboxylic acids is 2. The molecule has 1 saturated heterocycles. The van der Waals surface area contributed by atoms with Crippen molar-refractivity contribution < 1.29 is 19.4 Å². The van der Waals surface area contributed by atoms with E-state index in [1.54, 1.807) is 6.08 Å². The van der Waals surface area contributed by atoms with Crippen LogP contribution in [0.1, 0.15) is 39.0 Å². The average Bonchev–Trinajstić information content (AvgIpc) is 2.31. The number of aliphatic hydroxyl groups excluding tert-OH is 1. The van der Waals surface area contributed by atoms with Gasteiger partial charge in [-0.2, -0.15) is 0 Å². The fourth-order valence-electron chi connectivity index (χ4n) is 2.86. The second kappa shape index (κ2) is 5.65. The third-order valence-electron chi connectivity index (χ3n) is 3.90. The van der Waals surface area contributed by atoms with Crippen molar-refractivity contribution in [3.05, 3.63) is 12.2 Å². The molecule has 0 aromatic carbocycles. The zero-order chi connectivity index (χ0) is 13.1. The van der Waals surface area contributed by atoms with Gasteiger partial charge in [-0.1, -0.05) is 12.5 Å². The number of hydrogen-bond donors (Lipinski definition) is 1. The number of allylic oxidation sites excluding steroid dienone is 1. The van der Waals surface area contributed by atoms with Crippen LogP contribution in [-0.2, 0) is 14.3 Å². The van der Waals surface area contributed by atoms with Gasteiger partial charge in [0.15, 0.2) is 5.78 Å². The van der Waals surface area contributed by atoms with Gasteiger partial charge in [-0.25, -0.2) is 0 Å². The number of ketones is 1. The van der Waals surface area contributed by atoms with Gasteiger partial charge in [-0.05, 0) is 38.2 Å². The summed E-state index contributed by atoms with van der Waals surface area (Å²) in [5.41, 5.74) is 0. The predicted molar refractivity (Wildman–Crippen MR) is 65.8 cm³/mol. The number of esters is 1. The highest BCUT2D eigenvalue weighted by Gasteiger charge is 2.36. The van der Waals surface area contributed by atoms with Crippen molar-refractivity contribution in [1.29, 1.82) is 0 Å². The van der Waals surface area contributed by atoms with Crippen molar-refractivity contribution in [1.82, 2.24) is 0 Å². The molecule has 1 heterocycles. The van der Waals surface area contributed by atoms with Crippen molar-refractivity contribution in [2.75, 3.05) is 0 Å². The second-order valence-electron chi connectivity index (χ2n) is 5.31. The summed E-state index contributed by atoms with van der Waals surface area (Å²) in [7, 11) is 0. The first-order valence-corrected chi connectivity index (χ1v) is 6.67. The molecule has 0 saturated carbocycles. The van der Waals surface area contributed by atoms with Crippen LogP contribution in [0.5, 0.6) is 0 Å². The molecule has 4 unspecified atom stereocenters. The Balaban J connectivity index is 2.15. The molecule has 1 aliphatic carbocycles. The molecule has 1 N–H and O–H groups in total. The molecule has 2 rings (SSSR count). The zero-order valence-electron chi connectivity index (χ0n) is 10.7. The van der Waals surface area contributed by atoms with Crippen molar-refractivity contribution in [3.63, 3.8) is 0 Å². The zero-order valence-corrected chi connectivity index (χ0v) is 10.7. The van der Waals surface area contributed by atoms with Crippen molar-refractivity contribution in [2.24, 2.45) is 11.8 Å². The minimum Gasteiger partial charge on any atom is -0.463 e. The number of aliphatic hydroxyl groups is 1. The van der Waals surface area contributed by atoms with Gasteiger partial charge in [0, 0.05) is 5.92 Å². The second-order valence-corrected chi connectivity index (χ2v) is 5.31. The highest BCUT2D eigenvalue weighted by Crippen LogP contribution is 2.32. The first kappa shape index (κ1) is 13.3. The van der Waals surface area contributed by atoms with E-state index in [1.807, 2.05) is 6.92 Å². The van der Waals surface area contributed by atoms with Crippen LogP contribution in [-0.4, -0.2) is 29.1 Å². The Kier molecular flexibility index (Phi) is 4.17. The molecule has 2 aliphatic rings. The SMILES string of the molecule is CC1CCCCC2C(O)C=CC(=O)C2CC(=O)O1. The van der Waals surface area contributed by atoms with Gasteiger partial charge in [0.05, 0.1) is 18.6 Å². The molecule has 18 heavy (non-hydrogen) atoms. The van der Waals surface area contributed by atoms with E-state index >= 15 is 0 Å². The Bertz CT molecular complexity index is 361. The van der Waals surface area contributed by atoms with Gasteiger partial charge in [0.1, 0.15) is 0 Å². The Labute approximate surface area is 107 Å². The molecule has 0 spiro atoms. The van der Waals surface area contributed by atoms with Gasteiger partial charge in [0.25, 0.3) is 0 Å². The van der Waals surface area contributed by atoms with Gasteiger partial charge >= 0.3 is 5.97 Å². The molecule has 4 nitrogen and oxygen atoms in total. The van der Waals surface area contributed by atoms with Crippen LogP contribution in [0.15, 0.2) is 12.2 Å². The summed E-state index contributed by atoms with van der Waals surface area (Å²) >= 11 is 0. The summed E-state index contributed by atoms with van der Waals surface area (Å²) in [6.45, 7) is 1.88. The lowest BCUT2D eigenvalue weighted by molar-refractivity contribution is -0.152. The lowest BCUT2D eigenvalue weighted by atomic mass is 9.75. The third-order valence-corrected chi connectivity index (χ3v) is 3.90. The number of rotatable bonds is 0. The number of carbonyl (C=O) groups is 2. The summed E-state index contributed by atoms with van der Waals surface area (Å²) in [6.07, 6.45) is 5.91. The van der Waals surface area contributed by atoms with Crippen molar-refractivity contribution in [2.45, 2.75) is 51.2 Å². The number of hydrogen-bond acceptors (Lipinski definition) is 4. The maximum Gasteiger partial charge on any atom is 0.306 e. The van der Waals surface area contributed by atoms with E-state index in [1.165, 1.54) is 6.08 Å². The van der Waals surface area contributed by atoms with Gasteiger partial charge < -0.3 is 9.84 Å². The van der Waals surface area contributed by atoms with Crippen molar-refractivity contribution >= 4 is 11.8 Å². The lowest BCUT2D eigenvalue weighted by Crippen LogP contribution is -2.37. The van der Waals surface area contributed by atoms with Crippen LogP contribution in [0, 0.1) is 11.8 Å². The molecule has 0 amide bonds. The van der Waals surface area contributed by atoms with Gasteiger partial charge in [-0.15, -0.1) is 0 Å². The quantitative estimate of drug-likeness (QED) is 0.665. The van der Waals surface area contributed by atoms with E-state index in [4.69, 9.17) is 4.74 Å². The van der Waals surface area contributed by atoms with Crippen LogP contribution in [0.2, 0.25) is 0 Å². The third kappa shape index (κ3) is 2.99. The fraction of sp³-hybridized carbons (Fsp3) is 0.714. The predicted octanol–water partition coefficient (Wildman–Crippen LogP) is 1.61. The highest BCUT2D eigenvalue weighted by molar-refractivity contribution is 5.95. The van der Waals surface area contributed by atoms with E-state index in [0.717, 1.165) is 25.7 Å². The average molecular weight is 252 g/mol. The molecule has 0 aromatic heterocycles. The van der Waals surface area contributed by atoms with E-state index < -0.39 is 12.0 Å². The molecule has 4 heteroatoms. The molecule has 100 valence electrons. The number of ether oxygens (including phenoxy) is 1. The smallest absolute Gasteiger partial charge is 0.306 e. The first-order chi connectivity index (χ1) is 8.58. The van der Waals surface area contributed by atoms with Gasteiger partial charge in [-0.3, -0.25) is 9.59 Å². The fourth-order valence-corrected chi connectivity index (χ4v) is 2.86. The summed E-state index contributed by atoms with van der Waals surface area (Å²) in [5, 5.41) is 9.95. The molecular formula is C14H20O4. The molecular weight excluding hydrogens is 232 g/mol. The minimum atomic E-state index is -0.614. The molecule has 1 aliphatic heterocycles. The monoisotopic (exact) mass is 252 g/mol. The first-order valence-electron chi connectivity index (χ1n) is 6.67. The van der Waals surface area contributed by atoms with Gasteiger partial charge in [0.2, 0.25) is 0 Å². The van der Waals surface area contributed by atoms with E-state index in [9.17, 15) is 14.7 Å². The Hall–Kier alpha value is -1.16. The highest BCUT2D eigenvalue weighted by atomic mass is 16.5. The van der Waals surface area contributed by atoms with E-state index in [0.29, 0.717) is 0 Å². The summed E-state index contributed by atoms with van der Waals surface area (Å²) in [5.74, 6) is -0.933. The topological polar surface area (TPSA) is 63.6 Å². The Morgan fingerprint density at radius 3 is 2.78 bits per heavy atom. The van der Waals surface area contributed by atoms with Crippen LogP contribution in [0.3, 0.4) is 0 Å². The largest absolute Gasteiger partial charge is 0.463 e. The molecule has 1 fully saturated rings. The Morgan fingerprint density at radius 2 is 2.00 bits per heavy atom. The van der Waals surface area contributed by atoms with Crippen LogP contribution in [0.25, 0.3) is 0 Å². The number of cyclic esters (lactones) is 1. The summed E-state index contributed by atoms with van der Waals surface area (Å²) < 4.78 is 5.26. The van der Waals surface area contributed by atoms with Crippen molar-refractivity contribution in [3.8, 4) is 0 Å². The van der Waals surface area contributed by atoms with E-state index in [-0.39, 0.29) is 30.2 Å². The molecule has 4 atom stereocenters. The minimum absolute atomic E-state index is 0.0597. The summed E-state index contributed by atoms with van der Waals surface area (Å²) in [6, 6.07) is 0. The number of fused-ring (bicyclic) bond motifs is 1. The standard InChI is InChI=1S/C14H20O4/c1-9-4-2-3-5-10-11(8-14(17)18-9)13(16)7-6-12(10)15/h6-7,9-12,15H,2-5,8H2,1H3. The van der Waals surface area contributed by atoms with Crippen LogP contribution < -0.4 is 0 Å². The lowest BCUT2D eigenvalue weighted by Gasteiger charge is -2.32. The normalized spacial score (nSPS) is 37.9. The Morgan fingerprint density at radius 1 is 1.28 bits per heavy atom. The maximum atomic E-state index is 11.9. The van der Waals surface area contributed by atoms with Crippen LogP contribution >= 0.6 is 0 Å².